The van der Waals surface area contributed by atoms with E-state index in [1.165, 1.54) is 94.6 Å². The Labute approximate surface area is 331 Å². The summed E-state index contributed by atoms with van der Waals surface area (Å²) in [5, 5.41) is 10.9. The van der Waals surface area contributed by atoms with Gasteiger partial charge < -0.3 is 9.67 Å². The molecule has 1 N–H and O–H groups in total. The third-order valence-electron chi connectivity index (χ3n) is 11.5. The van der Waals surface area contributed by atoms with Gasteiger partial charge in [-0.05, 0) is 84.0 Å². The zero-order valence-corrected chi connectivity index (χ0v) is 34.7. The molecule has 55 heavy (non-hydrogen) atoms. The number of Topliss-reactive ketones (excluding diaryl/α,β-unsaturated/α-hetero) is 1. The lowest BCUT2D eigenvalue weighted by Crippen LogP contribution is -2.26. The smallest absolute Gasteiger partial charge is 0.200 e. The van der Waals surface area contributed by atoms with Gasteiger partial charge in [-0.25, -0.2) is 4.39 Å². The Morgan fingerprint density at radius 1 is 0.782 bits per heavy atom. The number of halogens is 1. The Morgan fingerprint density at radius 2 is 1.36 bits per heavy atom. The number of allylic oxidation sites excluding steroid dienone is 1. The molecular weight excluding hydrogens is 682 g/mol. The predicted molar refractivity (Wildman–Crippen MR) is 230 cm³/mol. The summed E-state index contributed by atoms with van der Waals surface area (Å²) in [6, 6.07) is 17.0. The monoisotopic (exact) mass is 750 g/mol. The van der Waals surface area contributed by atoms with Crippen LogP contribution in [0.25, 0.3) is 10.9 Å². The van der Waals surface area contributed by atoms with Crippen molar-refractivity contribution in [2.24, 2.45) is 5.92 Å². The average Bonchev–Trinajstić information content (AvgIpc) is 3.17. The average molecular weight is 750 g/mol. The quantitative estimate of drug-likeness (QED) is 0.0417. The van der Waals surface area contributed by atoms with E-state index in [0.717, 1.165) is 29.5 Å². The summed E-state index contributed by atoms with van der Waals surface area (Å²) in [6.45, 7) is 14.3. The lowest BCUT2D eigenvalue weighted by Gasteiger charge is -2.26. The second-order valence-corrected chi connectivity index (χ2v) is 16.3. The van der Waals surface area contributed by atoms with Crippen molar-refractivity contribution in [3.05, 3.63) is 128 Å². The summed E-state index contributed by atoms with van der Waals surface area (Å²) in [5.74, 6) is -0.445. The number of aliphatic hydroxyl groups excluding tert-OH is 1. The molecule has 0 fully saturated rings. The number of unbranched alkanes of at least 4 members (excludes halogenated alkanes) is 12. The summed E-state index contributed by atoms with van der Waals surface area (Å²) in [7, 11) is 0. The van der Waals surface area contributed by atoms with E-state index >= 15 is 4.39 Å². The zero-order valence-electron chi connectivity index (χ0n) is 34.7. The van der Waals surface area contributed by atoms with E-state index in [0.29, 0.717) is 34.9 Å². The van der Waals surface area contributed by atoms with Crippen molar-refractivity contribution in [2.45, 2.75) is 156 Å². The van der Waals surface area contributed by atoms with Gasteiger partial charge in [-0.2, -0.15) is 0 Å². The lowest BCUT2D eigenvalue weighted by molar-refractivity contribution is 0.0990. The summed E-state index contributed by atoms with van der Waals surface area (Å²) in [5.41, 5.74) is 6.76. The van der Waals surface area contributed by atoms with Crippen LogP contribution < -0.4 is 5.43 Å². The van der Waals surface area contributed by atoms with Crippen LogP contribution in [0.2, 0.25) is 0 Å². The summed E-state index contributed by atoms with van der Waals surface area (Å²) in [6.07, 6.45) is 22.2. The summed E-state index contributed by atoms with van der Waals surface area (Å²) < 4.78 is 17.0. The van der Waals surface area contributed by atoms with Crippen LogP contribution in [0.5, 0.6) is 0 Å². The molecule has 0 saturated heterocycles. The maximum atomic E-state index is 15.1. The van der Waals surface area contributed by atoms with Gasteiger partial charge in [0.05, 0.1) is 23.7 Å². The van der Waals surface area contributed by atoms with Crippen LogP contribution in [-0.4, -0.2) is 22.1 Å². The molecule has 1 unspecified atom stereocenters. The van der Waals surface area contributed by atoms with Gasteiger partial charge in [0.2, 0.25) is 0 Å². The van der Waals surface area contributed by atoms with Crippen molar-refractivity contribution in [1.29, 1.82) is 0 Å². The lowest BCUT2D eigenvalue weighted by atomic mass is 9.93. The molecule has 0 aliphatic rings. The third-order valence-corrected chi connectivity index (χ3v) is 11.5. The normalized spacial score (nSPS) is 12.1. The second-order valence-electron chi connectivity index (χ2n) is 16.3. The molecule has 5 heteroatoms. The fourth-order valence-electron chi connectivity index (χ4n) is 7.95. The van der Waals surface area contributed by atoms with Crippen molar-refractivity contribution in [3.8, 4) is 0 Å². The Morgan fingerprint density at radius 3 is 1.93 bits per heavy atom. The van der Waals surface area contributed by atoms with Crippen molar-refractivity contribution in [1.82, 2.24) is 4.57 Å². The molecule has 1 heterocycles. The molecule has 3 aromatic carbocycles. The highest BCUT2D eigenvalue weighted by Crippen LogP contribution is 2.28. The van der Waals surface area contributed by atoms with Gasteiger partial charge in [0.25, 0.3) is 0 Å². The fourth-order valence-corrected chi connectivity index (χ4v) is 7.95. The number of ketones is 1. The van der Waals surface area contributed by atoms with Gasteiger partial charge in [0.15, 0.2) is 11.2 Å². The van der Waals surface area contributed by atoms with E-state index in [9.17, 15) is 14.7 Å². The van der Waals surface area contributed by atoms with E-state index < -0.39 is 0 Å². The van der Waals surface area contributed by atoms with E-state index in [-0.39, 0.29) is 47.6 Å². The number of aromatic nitrogens is 1. The number of pyridine rings is 1. The molecular formula is C50H68FNO3. The number of carbonyl (C=O) groups excluding carboxylic acids is 1. The largest absolute Gasteiger partial charge is 0.394 e. The minimum atomic E-state index is -0.327. The fraction of sp³-hybridized carbons (Fsp3) is 0.520. The Bertz CT molecular complexity index is 1890. The van der Waals surface area contributed by atoms with E-state index in [1.54, 1.807) is 25.3 Å². The SMILES string of the molecule is C=C(CCCCCCCCCCCCCCC)Cc1ccc(CC(=O)c2cn(C(CO)C(C)C)c3cc(CC)c(Cc4cccc(C)c4F)cc3c2=O)cc1. The number of aryl methyl sites for hydroxylation is 2. The minimum absolute atomic E-state index is 0.0524. The van der Waals surface area contributed by atoms with E-state index in [1.807, 2.05) is 55.7 Å². The number of hydrogen-bond donors (Lipinski definition) is 1. The van der Waals surface area contributed by atoms with Gasteiger partial charge in [-0.3, -0.25) is 9.59 Å². The molecule has 0 amide bonds. The number of aliphatic hydroxyl groups is 1. The molecule has 0 bridgehead atoms. The summed E-state index contributed by atoms with van der Waals surface area (Å²) >= 11 is 0. The standard InChI is InChI=1S/C50H68FNO3/c1-7-9-10-11-12-13-14-15-16-17-18-19-20-22-37(5)29-39-25-27-40(28-26-39)30-48(54)45-34-52(47(35-53)36(3)4)46-33-41(8-2)43(32-44(46)50(45)55)31-42-24-21-23-38(6)49(42)51/h21,23-28,32-34,36,47,53H,5,7-20,22,29-31,35H2,1-4,6H3. The maximum Gasteiger partial charge on any atom is 0.200 e. The van der Waals surface area contributed by atoms with Crippen molar-refractivity contribution in [3.63, 3.8) is 0 Å². The number of fused-ring (bicyclic) bond motifs is 1. The summed E-state index contributed by atoms with van der Waals surface area (Å²) in [4.78, 5) is 28.1. The van der Waals surface area contributed by atoms with Crippen LogP contribution in [0, 0.1) is 18.7 Å². The maximum absolute atomic E-state index is 15.1. The van der Waals surface area contributed by atoms with Crippen LogP contribution in [0.3, 0.4) is 0 Å². The molecule has 4 rings (SSSR count). The molecule has 0 radical (unpaired) electrons. The molecule has 0 aliphatic carbocycles. The number of benzene rings is 3. The molecule has 0 aliphatic heterocycles. The molecule has 0 spiro atoms. The first-order valence-electron chi connectivity index (χ1n) is 21.4. The zero-order chi connectivity index (χ0) is 39.7. The van der Waals surface area contributed by atoms with Crippen LogP contribution >= 0.6 is 0 Å². The van der Waals surface area contributed by atoms with Gasteiger partial charge in [0, 0.05) is 24.4 Å². The van der Waals surface area contributed by atoms with E-state index in [4.69, 9.17) is 0 Å². The molecule has 298 valence electrons. The Balaban J connectivity index is 1.39. The number of carbonyl (C=O) groups is 1. The highest BCUT2D eigenvalue weighted by atomic mass is 19.1. The van der Waals surface area contributed by atoms with Gasteiger partial charge in [-0.15, -0.1) is 0 Å². The van der Waals surface area contributed by atoms with Crippen molar-refractivity contribution >= 4 is 16.7 Å². The first-order chi connectivity index (χ1) is 26.6. The van der Waals surface area contributed by atoms with Crippen molar-refractivity contribution < 1.29 is 14.3 Å². The number of nitrogens with zero attached hydrogens (tertiary/aromatic N) is 1. The van der Waals surface area contributed by atoms with Gasteiger partial charge in [0.1, 0.15) is 5.82 Å². The highest BCUT2D eigenvalue weighted by molar-refractivity contribution is 6.00. The number of rotatable bonds is 25. The first kappa shape index (κ1) is 43.9. The van der Waals surface area contributed by atoms with Crippen molar-refractivity contribution in [2.75, 3.05) is 6.61 Å². The van der Waals surface area contributed by atoms with Crippen LogP contribution in [0.4, 0.5) is 4.39 Å². The highest BCUT2D eigenvalue weighted by Gasteiger charge is 2.23. The topological polar surface area (TPSA) is 59.3 Å². The molecule has 1 atom stereocenters. The van der Waals surface area contributed by atoms with Crippen LogP contribution in [-0.2, 0) is 25.7 Å². The number of hydrogen-bond acceptors (Lipinski definition) is 3. The first-order valence-corrected chi connectivity index (χ1v) is 21.4. The van der Waals surface area contributed by atoms with Gasteiger partial charge >= 0.3 is 0 Å². The van der Waals surface area contributed by atoms with Gasteiger partial charge in [-0.1, -0.05) is 159 Å². The molecule has 0 saturated carbocycles. The second kappa shape index (κ2) is 22.7. The molecule has 1 aromatic heterocycles. The molecule has 4 aromatic rings. The predicted octanol–water partition coefficient (Wildman–Crippen LogP) is 12.8. The van der Waals surface area contributed by atoms with E-state index in [2.05, 4.69) is 25.6 Å². The Kier molecular flexibility index (Phi) is 18.1. The Hall–Kier alpha value is -3.83. The minimum Gasteiger partial charge on any atom is -0.394 e. The molecule has 4 nitrogen and oxygen atoms in total. The van der Waals surface area contributed by atoms with Crippen LogP contribution in [0.15, 0.2) is 77.7 Å². The van der Waals surface area contributed by atoms with Crippen LogP contribution in [0.1, 0.15) is 167 Å². The third kappa shape index (κ3) is 12.9.